The predicted molar refractivity (Wildman–Crippen MR) is 95.0 cm³/mol. The molecule has 0 aliphatic rings. The van der Waals surface area contributed by atoms with Crippen molar-refractivity contribution < 1.29 is 13.6 Å². The van der Waals surface area contributed by atoms with Crippen molar-refractivity contribution in [1.82, 2.24) is 20.1 Å². The highest BCUT2D eigenvalue weighted by Crippen LogP contribution is 2.22. The van der Waals surface area contributed by atoms with E-state index in [1.54, 1.807) is 11.0 Å². The van der Waals surface area contributed by atoms with Crippen LogP contribution in [0.2, 0.25) is 0 Å². The van der Waals surface area contributed by atoms with Crippen LogP contribution in [-0.2, 0) is 4.79 Å². The zero-order valence-corrected chi connectivity index (χ0v) is 14.7. The average molecular weight is 374 g/mol. The monoisotopic (exact) mass is 374 g/mol. The summed E-state index contributed by atoms with van der Waals surface area (Å²) in [7, 11) is 0. The molecule has 1 aromatic heterocycles. The molecule has 1 heterocycles. The number of hydrogen-bond acceptors (Lipinski definition) is 4. The van der Waals surface area contributed by atoms with Gasteiger partial charge in [-0.15, -0.1) is 11.8 Å². The lowest BCUT2D eigenvalue weighted by Crippen LogP contribution is -2.28. The topological polar surface area (TPSA) is 59.8 Å². The molecule has 1 amide bonds. The Balaban J connectivity index is 1.55. The number of nitrogens with one attached hydrogen (secondary N) is 1. The third-order valence-electron chi connectivity index (χ3n) is 3.71. The van der Waals surface area contributed by atoms with E-state index in [2.05, 4.69) is 15.4 Å². The number of thioether (sulfide) groups is 1. The number of rotatable bonds is 6. The first-order valence-electron chi connectivity index (χ1n) is 7.85. The molecule has 0 aliphatic carbocycles. The van der Waals surface area contributed by atoms with Crippen molar-refractivity contribution in [3.8, 4) is 5.69 Å². The van der Waals surface area contributed by atoms with Gasteiger partial charge in [-0.1, -0.05) is 12.1 Å². The van der Waals surface area contributed by atoms with Crippen LogP contribution in [0.5, 0.6) is 0 Å². The predicted octanol–water partition coefficient (Wildman–Crippen LogP) is 3.52. The molecule has 1 N–H and O–H groups in total. The van der Waals surface area contributed by atoms with Crippen LogP contribution in [0.1, 0.15) is 18.5 Å². The lowest BCUT2D eigenvalue weighted by Gasteiger charge is -2.15. The quantitative estimate of drug-likeness (QED) is 0.671. The van der Waals surface area contributed by atoms with Crippen molar-refractivity contribution in [2.24, 2.45) is 0 Å². The van der Waals surface area contributed by atoms with E-state index in [1.807, 2.05) is 31.2 Å². The molecule has 0 bridgehead atoms. The molecule has 0 aliphatic heterocycles. The van der Waals surface area contributed by atoms with E-state index in [4.69, 9.17) is 0 Å². The third-order valence-corrected chi connectivity index (χ3v) is 4.76. The zero-order chi connectivity index (χ0) is 18.5. The highest BCUT2D eigenvalue weighted by atomic mass is 32.2. The van der Waals surface area contributed by atoms with Gasteiger partial charge in [0.25, 0.3) is 0 Å². The average Bonchev–Trinajstić information content (AvgIpc) is 3.16. The molecule has 8 heteroatoms. The van der Waals surface area contributed by atoms with Gasteiger partial charge in [0.15, 0.2) is 0 Å². The maximum Gasteiger partial charge on any atom is 0.230 e. The Labute approximate surface area is 153 Å². The van der Waals surface area contributed by atoms with Gasteiger partial charge in [0.2, 0.25) is 5.91 Å². The molecule has 0 spiro atoms. The minimum atomic E-state index is -0.667. The molecule has 0 fully saturated rings. The van der Waals surface area contributed by atoms with Gasteiger partial charge in [-0.05, 0) is 36.8 Å². The number of benzene rings is 2. The Morgan fingerprint density at radius 1 is 1.23 bits per heavy atom. The molecule has 1 atom stereocenters. The van der Waals surface area contributed by atoms with Crippen LogP contribution < -0.4 is 5.32 Å². The number of amides is 1. The summed E-state index contributed by atoms with van der Waals surface area (Å²) in [6.45, 7) is 1.87. The van der Waals surface area contributed by atoms with Crippen LogP contribution in [0, 0.1) is 11.6 Å². The molecule has 2 aromatic carbocycles. The van der Waals surface area contributed by atoms with Crippen molar-refractivity contribution in [3.63, 3.8) is 0 Å². The van der Waals surface area contributed by atoms with Gasteiger partial charge in [-0.3, -0.25) is 4.79 Å². The van der Waals surface area contributed by atoms with E-state index >= 15 is 0 Å². The summed E-state index contributed by atoms with van der Waals surface area (Å²) in [5.41, 5.74) is 1.80. The van der Waals surface area contributed by atoms with Crippen LogP contribution >= 0.6 is 11.8 Å². The molecule has 134 valence electrons. The highest BCUT2D eigenvalue weighted by molar-refractivity contribution is 8.00. The summed E-state index contributed by atoms with van der Waals surface area (Å²) in [6, 6.07) is 10.7. The van der Waals surface area contributed by atoms with E-state index in [1.165, 1.54) is 18.5 Å². The fourth-order valence-electron chi connectivity index (χ4n) is 2.36. The number of hydrogen-bond donors (Lipinski definition) is 1. The summed E-state index contributed by atoms with van der Waals surface area (Å²) >= 11 is 1.03. The number of aromatic nitrogens is 3. The van der Waals surface area contributed by atoms with E-state index in [9.17, 15) is 13.6 Å². The molecule has 0 saturated carbocycles. The van der Waals surface area contributed by atoms with Crippen molar-refractivity contribution in [2.75, 3.05) is 5.75 Å². The van der Waals surface area contributed by atoms with Gasteiger partial charge in [0.1, 0.15) is 24.3 Å². The first-order chi connectivity index (χ1) is 12.5. The van der Waals surface area contributed by atoms with Gasteiger partial charge in [0, 0.05) is 11.0 Å². The maximum absolute atomic E-state index is 13.6. The minimum Gasteiger partial charge on any atom is -0.349 e. The Hall–Kier alpha value is -2.74. The lowest BCUT2D eigenvalue weighted by atomic mass is 10.1. The van der Waals surface area contributed by atoms with Gasteiger partial charge < -0.3 is 5.32 Å². The Bertz CT molecular complexity index is 885. The Morgan fingerprint density at radius 2 is 2.00 bits per heavy atom. The van der Waals surface area contributed by atoms with Crippen molar-refractivity contribution in [2.45, 2.75) is 17.9 Å². The number of nitrogens with zero attached hydrogens (tertiary/aromatic N) is 3. The first-order valence-corrected chi connectivity index (χ1v) is 8.83. The summed E-state index contributed by atoms with van der Waals surface area (Å²) < 4.78 is 28.1. The fourth-order valence-corrected chi connectivity index (χ4v) is 3.09. The van der Waals surface area contributed by atoms with Crippen LogP contribution in [0.25, 0.3) is 5.69 Å². The SMILES string of the molecule is C[C@@H](NC(=O)CSc1ccc(F)cc1F)c1ccc(-n2cncn2)cc1. The fraction of sp³-hybridized carbons (Fsp3) is 0.167. The van der Waals surface area contributed by atoms with Crippen LogP contribution in [0.15, 0.2) is 60.0 Å². The summed E-state index contributed by atoms with van der Waals surface area (Å²) in [6.07, 6.45) is 3.06. The summed E-state index contributed by atoms with van der Waals surface area (Å²) in [5.74, 6) is -1.49. The van der Waals surface area contributed by atoms with Crippen LogP contribution in [0.4, 0.5) is 8.78 Å². The van der Waals surface area contributed by atoms with Gasteiger partial charge in [-0.2, -0.15) is 5.10 Å². The normalized spacial score (nSPS) is 12.0. The van der Waals surface area contributed by atoms with Crippen LogP contribution in [0.3, 0.4) is 0 Å². The lowest BCUT2D eigenvalue weighted by molar-refractivity contribution is -0.119. The van der Waals surface area contributed by atoms with E-state index in [0.717, 1.165) is 29.1 Å². The van der Waals surface area contributed by atoms with E-state index < -0.39 is 11.6 Å². The molecular formula is C18H16F2N4OS. The smallest absolute Gasteiger partial charge is 0.230 e. The summed E-state index contributed by atoms with van der Waals surface area (Å²) in [4.78, 5) is 16.2. The molecular weight excluding hydrogens is 358 g/mol. The molecule has 5 nitrogen and oxygen atoms in total. The second-order valence-electron chi connectivity index (χ2n) is 5.58. The van der Waals surface area contributed by atoms with Gasteiger partial charge in [-0.25, -0.2) is 18.4 Å². The molecule has 26 heavy (non-hydrogen) atoms. The largest absolute Gasteiger partial charge is 0.349 e. The number of halogens is 2. The second kappa shape index (κ2) is 8.09. The molecule has 3 rings (SSSR count). The molecule has 0 radical (unpaired) electrons. The molecule has 0 unspecified atom stereocenters. The highest BCUT2D eigenvalue weighted by Gasteiger charge is 2.12. The zero-order valence-electron chi connectivity index (χ0n) is 13.9. The summed E-state index contributed by atoms with van der Waals surface area (Å²) in [5, 5.41) is 6.91. The van der Waals surface area contributed by atoms with Crippen LogP contribution in [-0.4, -0.2) is 26.4 Å². The van der Waals surface area contributed by atoms with Crippen molar-refractivity contribution >= 4 is 17.7 Å². The minimum absolute atomic E-state index is 0.0456. The van der Waals surface area contributed by atoms with E-state index in [-0.39, 0.29) is 22.6 Å². The van der Waals surface area contributed by atoms with Crippen molar-refractivity contribution in [3.05, 3.63) is 72.3 Å². The standard InChI is InChI=1S/C18H16F2N4OS/c1-12(13-2-5-15(6-3-13)24-11-21-10-22-24)23-18(25)9-26-17-7-4-14(19)8-16(17)20/h2-8,10-12H,9H2,1H3,(H,23,25)/t12-/m1/s1. The van der Waals surface area contributed by atoms with Gasteiger partial charge >= 0.3 is 0 Å². The Kier molecular flexibility index (Phi) is 5.62. The van der Waals surface area contributed by atoms with E-state index in [0.29, 0.717) is 0 Å². The first kappa shape index (κ1) is 18.1. The second-order valence-corrected chi connectivity index (χ2v) is 6.60. The molecule has 0 saturated heterocycles. The molecule has 3 aromatic rings. The number of carbonyl (C=O) groups excluding carboxylic acids is 1. The Morgan fingerprint density at radius 3 is 2.65 bits per heavy atom. The number of carbonyl (C=O) groups is 1. The maximum atomic E-state index is 13.6. The van der Waals surface area contributed by atoms with Crippen molar-refractivity contribution in [1.29, 1.82) is 0 Å². The van der Waals surface area contributed by atoms with Gasteiger partial charge in [0.05, 0.1) is 17.5 Å². The third kappa shape index (κ3) is 4.45.